The highest BCUT2D eigenvalue weighted by Crippen LogP contribution is 2.33. The molecule has 0 unspecified atom stereocenters. The van der Waals surface area contributed by atoms with Crippen LogP contribution in [0.3, 0.4) is 0 Å². The Bertz CT molecular complexity index is 313. The van der Waals surface area contributed by atoms with Gasteiger partial charge < -0.3 is 0 Å². The normalized spacial score (nSPS) is 11.2. The molecular weight excluding hydrogens is 189 g/mol. The third-order valence-corrected chi connectivity index (χ3v) is 2.68. The summed E-state index contributed by atoms with van der Waals surface area (Å²) in [5, 5.41) is 0. The van der Waals surface area contributed by atoms with Crippen LogP contribution in [0.15, 0.2) is 12.1 Å². The molecule has 0 saturated carbocycles. The highest BCUT2D eigenvalue weighted by Gasteiger charge is 2.14. The summed E-state index contributed by atoms with van der Waals surface area (Å²) in [4.78, 5) is 0. The van der Waals surface area contributed by atoms with Gasteiger partial charge >= 0.3 is 0 Å². The van der Waals surface area contributed by atoms with Crippen molar-refractivity contribution >= 4 is 5.69 Å². The molecule has 2 heteroatoms. The van der Waals surface area contributed by atoms with Gasteiger partial charge in [-0.3, -0.25) is 0 Å². The molecule has 1 aromatic rings. The second-order valence-corrected chi connectivity index (χ2v) is 4.72. The number of rotatable bonds is 3. The minimum Gasteiger partial charge on any atom is -0.224 e. The van der Waals surface area contributed by atoms with E-state index in [1.165, 1.54) is 5.56 Å². The maximum Gasteiger partial charge on any atom is 0.0725 e. The molecule has 0 aliphatic rings. The molecule has 15 heavy (non-hydrogen) atoms. The van der Waals surface area contributed by atoms with Gasteiger partial charge in [-0.25, -0.2) is 5.54 Å². The van der Waals surface area contributed by atoms with Crippen LogP contribution in [0.5, 0.6) is 0 Å². The molecule has 0 aliphatic carbocycles. The first-order chi connectivity index (χ1) is 6.97. The minimum absolute atomic E-state index is 0.334. The molecule has 0 spiro atoms. The van der Waals surface area contributed by atoms with Gasteiger partial charge in [-0.1, -0.05) is 45.4 Å². The van der Waals surface area contributed by atoms with Crippen molar-refractivity contribution in [2.45, 2.75) is 46.5 Å². The zero-order valence-electron chi connectivity index (χ0n) is 10.2. The lowest BCUT2D eigenvalue weighted by Crippen LogP contribution is -2.02. The highest BCUT2D eigenvalue weighted by molar-refractivity contribution is 5.60. The second-order valence-electron chi connectivity index (χ2n) is 4.72. The van der Waals surface area contributed by atoms with E-state index in [0.29, 0.717) is 17.5 Å². The summed E-state index contributed by atoms with van der Waals surface area (Å²) in [6, 6.07) is 4.11. The molecule has 0 fully saturated rings. The number of hydrogen-bond acceptors (Lipinski definition) is 1. The summed E-state index contributed by atoms with van der Waals surface area (Å²) >= 11 is 0. The molecule has 0 aliphatic heterocycles. The highest BCUT2D eigenvalue weighted by atomic mass is 19.2. The van der Waals surface area contributed by atoms with Crippen LogP contribution in [-0.2, 0) is 0 Å². The van der Waals surface area contributed by atoms with E-state index >= 15 is 0 Å². The van der Waals surface area contributed by atoms with Gasteiger partial charge in [-0.15, -0.1) is 4.48 Å². The van der Waals surface area contributed by atoms with Crippen molar-refractivity contribution in [2.75, 3.05) is 5.54 Å². The van der Waals surface area contributed by atoms with Crippen molar-refractivity contribution in [1.29, 1.82) is 0 Å². The summed E-state index contributed by atoms with van der Waals surface area (Å²) in [5.41, 5.74) is 5.82. The van der Waals surface area contributed by atoms with E-state index in [1.807, 2.05) is 5.54 Å². The van der Waals surface area contributed by atoms with E-state index in [2.05, 4.69) is 46.8 Å². The Morgan fingerprint density at radius 3 is 1.67 bits per heavy atom. The van der Waals surface area contributed by atoms with E-state index in [9.17, 15) is 4.48 Å². The van der Waals surface area contributed by atoms with Crippen LogP contribution in [0.1, 0.15) is 56.2 Å². The Morgan fingerprint density at radius 2 is 1.40 bits per heavy atom. The molecule has 1 N–H and O–H groups in total. The van der Waals surface area contributed by atoms with Gasteiger partial charge in [-0.2, -0.15) is 0 Å². The lowest BCUT2D eigenvalue weighted by Gasteiger charge is -2.18. The smallest absolute Gasteiger partial charge is 0.0725 e. The predicted molar refractivity (Wildman–Crippen MR) is 64.1 cm³/mol. The molecule has 0 heterocycles. The van der Waals surface area contributed by atoms with Crippen molar-refractivity contribution in [3.8, 4) is 0 Å². The van der Waals surface area contributed by atoms with Crippen molar-refractivity contribution in [3.63, 3.8) is 0 Å². The monoisotopic (exact) mass is 209 g/mol. The maximum atomic E-state index is 12.8. The van der Waals surface area contributed by atoms with Gasteiger partial charge in [0.2, 0.25) is 0 Å². The number of benzene rings is 1. The van der Waals surface area contributed by atoms with E-state index in [0.717, 1.165) is 11.1 Å². The zero-order valence-corrected chi connectivity index (χ0v) is 10.2. The average molecular weight is 209 g/mol. The fraction of sp³-hybridized carbons (Fsp3) is 0.538. The maximum absolute atomic E-state index is 12.8. The average Bonchev–Trinajstić information content (AvgIpc) is 2.16. The van der Waals surface area contributed by atoms with Crippen molar-refractivity contribution in [3.05, 3.63) is 28.8 Å². The third kappa shape index (κ3) is 2.49. The van der Waals surface area contributed by atoms with Crippen LogP contribution in [0, 0.1) is 6.92 Å². The molecule has 0 aromatic heterocycles. The number of nitrogens with one attached hydrogen (secondary N) is 1. The van der Waals surface area contributed by atoms with Crippen LogP contribution in [0.25, 0.3) is 0 Å². The third-order valence-electron chi connectivity index (χ3n) is 2.68. The lowest BCUT2D eigenvalue weighted by molar-refractivity contribution is 0.609. The minimum atomic E-state index is 0.334. The topological polar surface area (TPSA) is 12.0 Å². The quantitative estimate of drug-likeness (QED) is 0.721. The van der Waals surface area contributed by atoms with E-state index < -0.39 is 0 Å². The molecule has 1 nitrogen and oxygen atoms in total. The Kier molecular flexibility index (Phi) is 3.72. The number of aryl methyl sites for hydroxylation is 1. The summed E-state index contributed by atoms with van der Waals surface area (Å²) in [6.45, 7) is 10.4. The summed E-state index contributed by atoms with van der Waals surface area (Å²) in [7, 11) is 0. The van der Waals surface area contributed by atoms with Crippen LogP contribution in [0.2, 0.25) is 0 Å². The Labute approximate surface area is 91.6 Å². The number of halogens is 1. The van der Waals surface area contributed by atoms with Crippen molar-refractivity contribution in [1.82, 2.24) is 0 Å². The van der Waals surface area contributed by atoms with E-state index in [-0.39, 0.29) is 0 Å². The Balaban J connectivity index is 3.38. The molecule has 0 atom stereocenters. The van der Waals surface area contributed by atoms with Crippen LogP contribution in [0.4, 0.5) is 10.2 Å². The molecule has 1 aromatic carbocycles. The molecule has 0 bridgehead atoms. The SMILES string of the molecule is Cc1cc(C(C)C)c(NF)c(C(C)C)c1. The second kappa shape index (κ2) is 4.65. The fourth-order valence-corrected chi connectivity index (χ4v) is 1.86. The van der Waals surface area contributed by atoms with Crippen LogP contribution >= 0.6 is 0 Å². The van der Waals surface area contributed by atoms with Gasteiger partial charge in [0, 0.05) is 0 Å². The van der Waals surface area contributed by atoms with Gasteiger partial charge in [0.05, 0.1) is 5.69 Å². The lowest BCUT2D eigenvalue weighted by atomic mass is 9.91. The first-order valence-corrected chi connectivity index (χ1v) is 5.48. The van der Waals surface area contributed by atoms with Gasteiger partial charge in [-0.05, 0) is 29.9 Å². The number of anilines is 1. The standard InChI is InChI=1S/C13H20FN/c1-8(2)11-6-10(5)7-12(9(3)4)13(11)15-14/h6-9,15H,1-5H3. The predicted octanol–water partition coefficient (Wildman–Crippen LogP) is 4.54. The molecular formula is C13H20FN. The largest absolute Gasteiger partial charge is 0.224 e. The molecule has 84 valence electrons. The van der Waals surface area contributed by atoms with Crippen molar-refractivity contribution < 1.29 is 4.48 Å². The molecule has 1 rings (SSSR count). The zero-order chi connectivity index (χ0) is 11.6. The first-order valence-electron chi connectivity index (χ1n) is 5.48. The van der Waals surface area contributed by atoms with E-state index in [4.69, 9.17) is 0 Å². The fourth-order valence-electron chi connectivity index (χ4n) is 1.86. The summed E-state index contributed by atoms with van der Waals surface area (Å²) < 4.78 is 12.8. The van der Waals surface area contributed by atoms with Gasteiger partial charge in [0.1, 0.15) is 0 Å². The van der Waals surface area contributed by atoms with Crippen LogP contribution < -0.4 is 5.54 Å². The number of hydrogen-bond donors (Lipinski definition) is 1. The van der Waals surface area contributed by atoms with Gasteiger partial charge in [0.15, 0.2) is 0 Å². The first kappa shape index (κ1) is 12.0. The molecule has 0 radical (unpaired) electrons. The van der Waals surface area contributed by atoms with Gasteiger partial charge in [0.25, 0.3) is 0 Å². The Morgan fingerprint density at radius 1 is 1.00 bits per heavy atom. The van der Waals surface area contributed by atoms with Crippen LogP contribution in [-0.4, -0.2) is 0 Å². The summed E-state index contributed by atoms with van der Waals surface area (Å²) in [5.74, 6) is 0.668. The van der Waals surface area contributed by atoms with Crippen molar-refractivity contribution in [2.24, 2.45) is 0 Å². The molecule has 0 saturated heterocycles. The Hall–Kier alpha value is -1.05. The summed E-state index contributed by atoms with van der Waals surface area (Å²) in [6.07, 6.45) is 0. The van der Waals surface area contributed by atoms with E-state index in [1.54, 1.807) is 0 Å². The molecule has 0 amide bonds.